The maximum Gasteiger partial charge on any atom is 0.243 e. The van der Waals surface area contributed by atoms with Gasteiger partial charge in [-0.3, -0.25) is 4.79 Å². The van der Waals surface area contributed by atoms with Gasteiger partial charge in [-0.25, -0.2) is 8.42 Å². The molecule has 7 heteroatoms. The fourth-order valence-corrected chi connectivity index (χ4v) is 5.41. The highest BCUT2D eigenvalue weighted by molar-refractivity contribution is 7.93. The van der Waals surface area contributed by atoms with Gasteiger partial charge in [-0.05, 0) is 31.2 Å². The number of carbonyl (C=O) groups excluding carboxylic acids is 1. The first kappa shape index (κ1) is 18.0. The number of benzene rings is 2. The molecule has 1 amide bonds. The Morgan fingerprint density at radius 3 is 2.41 bits per heavy atom. The van der Waals surface area contributed by atoms with Crippen molar-refractivity contribution in [2.75, 3.05) is 37.7 Å². The number of morpholine rings is 1. The van der Waals surface area contributed by atoms with Gasteiger partial charge in [0.2, 0.25) is 5.91 Å². The second-order valence-corrected chi connectivity index (χ2v) is 8.98. The smallest absolute Gasteiger partial charge is 0.243 e. The molecule has 0 unspecified atom stereocenters. The van der Waals surface area contributed by atoms with E-state index in [9.17, 15) is 13.2 Å². The predicted octanol–water partition coefficient (Wildman–Crippen LogP) is 2.15. The molecule has 2 aliphatic rings. The summed E-state index contributed by atoms with van der Waals surface area (Å²) in [6.45, 7) is 3.85. The summed E-state index contributed by atoms with van der Waals surface area (Å²) in [5.74, 6) is -0.343. The fourth-order valence-electron chi connectivity index (χ4n) is 3.60. The number of amides is 1. The average molecular weight is 386 g/mol. The molecule has 0 aromatic heterocycles. The molecular weight excluding hydrogens is 364 g/mol. The maximum atomic E-state index is 13.2. The molecule has 1 saturated heterocycles. The molecule has 27 heavy (non-hydrogen) atoms. The molecule has 2 aromatic carbocycles. The van der Waals surface area contributed by atoms with Crippen LogP contribution in [0.2, 0.25) is 0 Å². The predicted molar refractivity (Wildman–Crippen MR) is 103 cm³/mol. The largest absolute Gasteiger partial charge is 0.378 e. The summed E-state index contributed by atoms with van der Waals surface area (Å²) in [7, 11) is -3.75. The Morgan fingerprint density at radius 2 is 1.70 bits per heavy atom. The number of carbonyl (C=O) groups is 1. The Morgan fingerprint density at radius 1 is 1.04 bits per heavy atom. The van der Waals surface area contributed by atoms with Gasteiger partial charge in [-0.1, -0.05) is 29.8 Å². The van der Waals surface area contributed by atoms with Gasteiger partial charge in [0.15, 0.2) is 15.1 Å². The fraction of sp³-hybridized carbons (Fsp3) is 0.350. The third-order valence-electron chi connectivity index (χ3n) is 5.13. The zero-order valence-corrected chi connectivity index (χ0v) is 16.0. The molecule has 0 radical (unpaired) electrons. The number of hydrogen-bond acceptors (Lipinski definition) is 5. The molecule has 0 bridgehead atoms. The van der Waals surface area contributed by atoms with E-state index >= 15 is 0 Å². The number of nitrogens with zero attached hydrogens (tertiary/aromatic N) is 2. The van der Waals surface area contributed by atoms with Crippen molar-refractivity contribution in [2.45, 2.75) is 17.1 Å². The lowest BCUT2D eigenvalue weighted by atomic mass is 10.1. The summed E-state index contributed by atoms with van der Waals surface area (Å²) in [6.07, 6.45) is 0. The summed E-state index contributed by atoms with van der Waals surface area (Å²) >= 11 is 0. The molecular formula is C20H22N2O4S. The summed E-state index contributed by atoms with van der Waals surface area (Å²) in [4.78, 5) is 16.8. The first-order chi connectivity index (χ1) is 13.0. The quantitative estimate of drug-likeness (QED) is 0.791. The molecule has 0 saturated carbocycles. The van der Waals surface area contributed by atoms with E-state index in [4.69, 9.17) is 4.74 Å². The summed E-state index contributed by atoms with van der Waals surface area (Å²) in [5.41, 5.74) is 2.62. The minimum atomic E-state index is -3.75. The minimum absolute atomic E-state index is 0.110. The van der Waals surface area contributed by atoms with Crippen LogP contribution in [0, 0.1) is 6.92 Å². The van der Waals surface area contributed by atoms with Gasteiger partial charge in [0.25, 0.3) is 0 Å². The maximum absolute atomic E-state index is 13.2. The Kier molecular flexibility index (Phi) is 4.65. The van der Waals surface area contributed by atoms with Crippen molar-refractivity contribution < 1.29 is 17.9 Å². The molecule has 0 aliphatic carbocycles. The molecule has 4 rings (SSSR count). The van der Waals surface area contributed by atoms with E-state index in [-0.39, 0.29) is 17.3 Å². The summed E-state index contributed by atoms with van der Waals surface area (Å²) < 4.78 is 31.7. The average Bonchev–Trinajstić information content (AvgIpc) is 2.69. The van der Waals surface area contributed by atoms with Crippen LogP contribution in [0.25, 0.3) is 0 Å². The van der Waals surface area contributed by atoms with Crippen LogP contribution in [0.15, 0.2) is 53.4 Å². The van der Waals surface area contributed by atoms with E-state index in [2.05, 4.69) is 0 Å². The Balaban J connectivity index is 1.77. The van der Waals surface area contributed by atoms with E-state index in [0.717, 1.165) is 11.3 Å². The highest BCUT2D eigenvalue weighted by Gasteiger charge is 2.44. The minimum Gasteiger partial charge on any atom is -0.378 e. The van der Waals surface area contributed by atoms with Crippen molar-refractivity contribution in [1.29, 1.82) is 0 Å². The Bertz CT molecular complexity index is 950. The van der Waals surface area contributed by atoms with Gasteiger partial charge in [0, 0.05) is 25.3 Å². The number of aryl methyl sites for hydroxylation is 1. The van der Waals surface area contributed by atoms with E-state index in [0.29, 0.717) is 32.0 Å². The second kappa shape index (κ2) is 6.98. The van der Waals surface area contributed by atoms with Gasteiger partial charge in [-0.2, -0.15) is 0 Å². The molecule has 2 aromatic rings. The van der Waals surface area contributed by atoms with Gasteiger partial charge < -0.3 is 14.5 Å². The lowest BCUT2D eigenvalue weighted by molar-refractivity contribution is -0.134. The number of fused-ring (bicyclic) bond motifs is 1. The summed E-state index contributed by atoms with van der Waals surface area (Å²) in [5, 5.41) is -1.12. The zero-order chi connectivity index (χ0) is 19.0. The van der Waals surface area contributed by atoms with Gasteiger partial charge in [0.1, 0.15) is 0 Å². The lowest BCUT2D eigenvalue weighted by Gasteiger charge is -2.38. The summed E-state index contributed by atoms with van der Waals surface area (Å²) in [6, 6.07) is 14.8. The molecule has 0 N–H and O–H groups in total. The Hall–Kier alpha value is -2.38. The van der Waals surface area contributed by atoms with Crippen molar-refractivity contribution in [1.82, 2.24) is 4.90 Å². The lowest BCUT2D eigenvalue weighted by Crippen LogP contribution is -2.53. The van der Waals surface area contributed by atoms with Gasteiger partial charge in [0.05, 0.1) is 23.8 Å². The van der Waals surface area contributed by atoms with Crippen LogP contribution in [-0.4, -0.2) is 57.3 Å². The molecule has 1 fully saturated rings. The van der Waals surface area contributed by atoms with Crippen molar-refractivity contribution in [3.05, 3.63) is 54.1 Å². The number of ether oxygens (including phenoxy) is 1. The normalized spacial score (nSPS) is 21.6. The van der Waals surface area contributed by atoms with Crippen LogP contribution < -0.4 is 4.90 Å². The molecule has 142 valence electrons. The molecule has 0 spiro atoms. The van der Waals surface area contributed by atoms with E-state index in [1.54, 1.807) is 23.1 Å². The monoisotopic (exact) mass is 386 g/mol. The van der Waals surface area contributed by atoms with Crippen molar-refractivity contribution in [3.63, 3.8) is 0 Å². The third-order valence-corrected chi connectivity index (χ3v) is 7.19. The number of hydrogen-bond donors (Lipinski definition) is 0. The van der Waals surface area contributed by atoms with Gasteiger partial charge in [-0.15, -0.1) is 0 Å². The van der Waals surface area contributed by atoms with Crippen LogP contribution >= 0.6 is 0 Å². The molecule has 6 nitrogen and oxygen atoms in total. The topological polar surface area (TPSA) is 66.9 Å². The molecule has 1 atom stereocenters. The van der Waals surface area contributed by atoms with Crippen molar-refractivity contribution in [3.8, 4) is 0 Å². The van der Waals surface area contributed by atoms with Crippen molar-refractivity contribution in [2.24, 2.45) is 0 Å². The first-order valence-corrected chi connectivity index (χ1v) is 10.6. The highest BCUT2D eigenvalue weighted by atomic mass is 32.2. The number of rotatable bonds is 2. The van der Waals surface area contributed by atoms with Crippen LogP contribution in [-0.2, 0) is 19.4 Å². The van der Waals surface area contributed by atoms with E-state index in [1.807, 2.05) is 42.2 Å². The third kappa shape index (κ3) is 3.21. The SMILES string of the molecule is Cc1ccc(N2C[C@H](C(=O)N3CCOCC3)S(=O)(=O)c3ccccc32)cc1. The highest BCUT2D eigenvalue weighted by Crippen LogP contribution is 2.38. The van der Waals surface area contributed by atoms with Crippen molar-refractivity contribution >= 4 is 27.1 Å². The van der Waals surface area contributed by atoms with Crippen LogP contribution in [0.5, 0.6) is 0 Å². The molecule has 2 heterocycles. The standard InChI is InChI=1S/C20H22N2O4S/c1-15-6-8-16(9-7-15)22-14-19(20(23)21-10-12-26-13-11-21)27(24,25)18-5-3-2-4-17(18)22/h2-9,19H,10-14H2,1H3/t19-/m1/s1. The Labute approximate surface area is 159 Å². The zero-order valence-electron chi connectivity index (χ0n) is 15.2. The van der Waals surface area contributed by atoms with Crippen LogP contribution in [0.3, 0.4) is 0 Å². The second-order valence-electron chi connectivity index (χ2n) is 6.89. The molecule has 2 aliphatic heterocycles. The number of para-hydroxylation sites is 1. The van der Waals surface area contributed by atoms with E-state index in [1.165, 1.54) is 0 Å². The number of sulfone groups is 1. The van der Waals surface area contributed by atoms with Gasteiger partial charge >= 0.3 is 0 Å². The number of anilines is 2. The van der Waals surface area contributed by atoms with Crippen LogP contribution in [0.1, 0.15) is 5.56 Å². The first-order valence-electron chi connectivity index (χ1n) is 9.02. The van der Waals surface area contributed by atoms with E-state index < -0.39 is 15.1 Å². The van der Waals surface area contributed by atoms with Crippen LogP contribution in [0.4, 0.5) is 11.4 Å².